The average Bonchev–Trinajstić information content (AvgIpc) is 2.87. The molecule has 0 aliphatic carbocycles. The second kappa shape index (κ2) is 6.62. The summed E-state index contributed by atoms with van der Waals surface area (Å²) in [5.41, 5.74) is 0.942. The Morgan fingerprint density at radius 2 is 2.00 bits per heavy atom. The maximum Gasteiger partial charge on any atom is 0.216 e. The van der Waals surface area contributed by atoms with Crippen LogP contribution in [0, 0.1) is 10.6 Å². The molecule has 1 N–H and O–H groups in total. The summed E-state index contributed by atoms with van der Waals surface area (Å²) in [6.07, 6.45) is 1.37. The Morgan fingerprint density at radius 1 is 1.22 bits per heavy atom. The highest BCUT2D eigenvalue weighted by Gasteiger charge is 2.12. The minimum Gasteiger partial charge on any atom is -0.250 e. The molecule has 0 fully saturated rings. The Balaban J connectivity index is 2.06. The smallest absolute Gasteiger partial charge is 0.216 e. The van der Waals surface area contributed by atoms with Crippen molar-refractivity contribution in [3.05, 3.63) is 68.7 Å². The lowest BCUT2D eigenvalue weighted by Crippen LogP contribution is -1.96. The quantitative estimate of drug-likeness (QED) is 0.527. The monoisotopic (exact) mass is 366 g/mol. The summed E-state index contributed by atoms with van der Waals surface area (Å²) in [5, 5.41) is 11.9. The number of hydrogen-bond donors (Lipinski definition) is 1. The molecule has 0 saturated carbocycles. The van der Waals surface area contributed by atoms with Gasteiger partial charge in [0.15, 0.2) is 5.82 Å². The highest BCUT2D eigenvalue weighted by molar-refractivity contribution is 7.71. The first-order valence-corrected chi connectivity index (χ1v) is 7.64. The van der Waals surface area contributed by atoms with E-state index in [1.54, 1.807) is 36.4 Å². The van der Waals surface area contributed by atoms with Gasteiger partial charge in [0.2, 0.25) is 4.77 Å². The zero-order valence-electron chi connectivity index (χ0n) is 11.5. The summed E-state index contributed by atoms with van der Waals surface area (Å²) >= 11 is 17.2. The summed E-state index contributed by atoms with van der Waals surface area (Å²) in [4.78, 5) is 0. The second-order valence-corrected chi connectivity index (χ2v) is 5.78. The predicted octanol–water partition coefficient (Wildman–Crippen LogP) is 4.94. The molecule has 8 heteroatoms. The zero-order chi connectivity index (χ0) is 16.4. The molecule has 0 radical (unpaired) electrons. The van der Waals surface area contributed by atoms with E-state index < -0.39 is 0 Å². The Morgan fingerprint density at radius 3 is 2.74 bits per heavy atom. The topological polar surface area (TPSA) is 46.0 Å². The van der Waals surface area contributed by atoms with Gasteiger partial charge < -0.3 is 0 Å². The Bertz CT molecular complexity index is 949. The number of nitrogens with zero attached hydrogens (tertiary/aromatic N) is 3. The van der Waals surface area contributed by atoms with Crippen molar-refractivity contribution in [2.75, 3.05) is 0 Å². The zero-order valence-corrected chi connectivity index (χ0v) is 13.8. The predicted molar refractivity (Wildman–Crippen MR) is 92.3 cm³/mol. The van der Waals surface area contributed by atoms with Crippen molar-refractivity contribution in [3.63, 3.8) is 0 Å². The van der Waals surface area contributed by atoms with Gasteiger partial charge in [0.1, 0.15) is 5.82 Å². The molecule has 0 bridgehead atoms. The molecule has 4 nitrogen and oxygen atoms in total. The maximum atomic E-state index is 13.7. The second-order valence-electron chi connectivity index (χ2n) is 4.55. The van der Waals surface area contributed by atoms with Crippen molar-refractivity contribution in [1.82, 2.24) is 14.9 Å². The Labute approximate surface area is 146 Å². The fourth-order valence-electron chi connectivity index (χ4n) is 1.94. The molecule has 0 unspecified atom stereocenters. The van der Waals surface area contributed by atoms with Crippen LogP contribution < -0.4 is 0 Å². The molecule has 0 atom stereocenters. The van der Waals surface area contributed by atoms with Crippen LogP contribution >= 0.6 is 35.4 Å². The van der Waals surface area contributed by atoms with Gasteiger partial charge >= 0.3 is 0 Å². The van der Waals surface area contributed by atoms with Gasteiger partial charge in [0, 0.05) is 16.1 Å². The number of rotatable bonds is 3. The van der Waals surface area contributed by atoms with Gasteiger partial charge in [-0.25, -0.2) is 9.49 Å². The molecular formula is C15H9Cl2FN4S. The third kappa shape index (κ3) is 3.34. The summed E-state index contributed by atoms with van der Waals surface area (Å²) in [7, 11) is 0. The first-order chi connectivity index (χ1) is 11.1. The van der Waals surface area contributed by atoms with Crippen molar-refractivity contribution < 1.29 is 4.39 Å². The van der Waals surface area contributed by atoms with Crippen molar-refractivity contribution in [2.45, 2.75) is 0 Å². The number of halogens is 3. The lowest BCUT2D eigenvalue weighted by molar-refractivity contribution is 0.625. The van der Waals surface area contributed by atoms with E-state index in [-0.39, 0.29) is 10.6 Å². The molecule has 0 spiro atoms. The van der Waals surface area contributed by atoms with E-state index in [1.165, 1.54) is 17.0 Å². The van der Waals surface area contributed by atoms with Gasteiger partial charge in [-0.2, -0.15) is 14.9 Å². The molecular weight excluding hydrogens is 358 g/mol. The standard InChI is InChI=1S/C15H9Cl2FN4S/c16-10-5-6-11(12(17)7-10)14-20-21-15(23)22(14)19-8-9-3-1-2-4-13(9)18/h1-8H,(H,21,23)/b19-8-. The molecule has 2 aromatic carbocycles. The van der Waals surface area contributed by atoms with Crippen LogP contribution in [0.15, 0.2) is 47.6 Å². The fourth-order valence-corrected chi connectivity index (χ4v) is 2.62. The SMILES string of the molecule is Fc1ccccc1/C=N\n1c(-c2ccc(Cl)cc2Cl)n[nH]c1=S. The van der Waals surface area contributed by atoms with Crippen LogP contribution in [0.3, 0.4) is 0 Å². The van der Waals surface area contributed by atoms with Crippen LogP contribution in [-0.2, 0) is 0 Å². The van der Waals surface area contributed by atoms with Gasteiger partial charge in [-0.05, 0) is 36.5 Å². The van der Waals surface area contributed by atoms with Crippen LogP contribution in [-0.4, -0.2) is 21.1 Å². The lowest BCUT2D eigenvalue weighted by atomic mass is 10.2. The molecule has 3 rings (SSSR count). The summed E-state index contributed by atoms with van der Waals surface area (Å²) < 4.78 is 15.3. The molecule has 0 aliphatic heterocycles. The summed E-state index contributed by atoms with van der Waals surface area (Å²) in [6, 6.07) is 11.3. The number of aromatic amines is 1. The van der Waals surface area contributed by atoms with Crippen LogP contribution in [0.2, 0.25) is 10.0 Å². The fraction of sp³-hybridized carbons (Fsp3) is 0. The first-order valence-electron chi connectivity index (χ1n) is 6.48. The molecule has 116 valence electrons. The van der Waals surface area contributed by atoms with E-state index in [0.29, 0.717) is 27.0 Å². The van der Waals surface area contributed by atoms with Crippen molar-refractivity contribution in [3.8, 4) is 11.4 Å². The van der Waals surface area contributed by atoms with Crippen LogP contribution in [0.5, 0.6) is 0 Å². The Kier molecular flexibility index (Phi) is 4.56. The van der Waals surface area contributed by atoms with E-state index in [4.69, 9.17) is 35.4 Å². The molecule has 0 saturated heterocycles. The third-order valence-corrected chi connectivity index (χ3v) is 3.85. The van der Waals surface area contributed by atoms with Crippen molar-refractivity contribution in [2.24, 2.45) is 5.10 Å². The van der Waals surface area contributed by atoms with Crippen LogP contribution in [0.1, 0.15) is 5.56 Å². The molecule has 23 heavy (non-hydrogen) atoms. The molecule has 1 aromatic heterocycles. The van der Waals surface area contributed by atoms with E-state index in [1.807, 2.05) is 0 Å². The van der Waals surface area contributed by atoms with Gasteiger partial charge in [-0.3, -0.25) is 0 Å². The van der Waals surface area contributed by atoms with E-state index >= 15 is 0 Å². The lowest BCUT2D eigenvalue weighted by Gasteiger charge is -2.04. The number of H-pyrrole nitrogens is 1. The van der Waals surface area contributed by atoms with Gasteiger partial charge in [-0.1, -0.05) is 41.4 Å². The Hall–Kier alpha value is -2.02. The number of nitrogens with one attached hydrogen (secondary N) is 1. The molecule has 3 aromatic rings. The number of benzene rings is 2. The largest absolute Gasteiger partial charge is 0.250 e. The van der Waals surface area contributed by atoms with Crippen LogP contribution in [0.25, 0.3) is 11.4 Å². The summed E-state index contributed by atoms with van der Waals surface area (Å²) in [6.45, 7) is 0. The van der Waals surface area contributed by atoms with E-state index in [0.717, 1.165) is 0 Å². The summed E-state index contributed by atoms with van der Waals surface area (Å²) in [5.74, 6) is 0.0293. The number of hydrogen-bond acceptors (Lipinski definition) is 3. The normalized spacial score (nSPS) is 11.3. The van der Waals surface area contributed by atoms with Crippen molar-refractivity contribution in [1.29, 1.82) is 0 Å². The van der Waals surface area contributed by atoms with Crippen LogP contribution in [0.4, 0.5) is 4.39 Å². The average molecular weight is 367 g/mol. The van der Waals surface area contributed by atoms with Gasteiger partial charge in [-0.15, -0.1) is 0 Å². The van der Waals surface area contributed by atoms with Gasteiger partial charge in [0.05, 0.1) is 11.2 Å². The molecule has 0 amide bonds. The minimum absolute atomic E-state index is 0.263. The molecule has 1 heterocycles. The highest BCUT2D eigenvalue weighted by atomic mass is 35.5. The van der Waals surface area contributed by atoms with E-state index in [9.17, 15) is 4.39 Å². The third-order valence-electron chi connectivity index (χ3n) is 3.04. The molecule has 0 aliphatic rings. The van der Waals surface area contributed by atoms with E-state index in [2.05, 4.69) is 15.3 Å². The number of aromatic nitrogens is 3. The first kappa shape index (κ1) is 15.9. The highest BCUT2D eigenvalue weighted by Crippen LogP contribution is 2.29. The van der Waals surface area contributed by atoms with Gasteiger partial charge in [0.25, 0.3) is 0 Å². The van der Waals surface area contributed by atoms with Crippen molar-refractivity contribution >= 4 is 41.6 Å². The maximum absolute atomic E-state index is 13.7. The minimum atomic E-state index is -0.377.